The highest BCUT2D eigenvalue weighted by Gasteiger charge is 2.22. The van der Waals surface area contributed by atoms with Crippen LogP contribution in [-0.2, 0) is 21.2 Å². The number of likely N-dealkylation sites (N-methyl/N-ethyl adjacent to an activating group) is 1. The molecule has 1 N–H and O–H groups in total. The third kappa shape index (κ3) is 6.08. The van der Waals surface area contributed by atoms with Crippen LogP contribution in [0.25, 0.3) is 0 Å². The maximum Gasteiger partial charge on any atom is 0.243 e. The van der Waals surface area contributed by atoms with Crippen molar-refractivity contribution < 1.29 is 13.2 Å². The standard InChI is InChI=1S/C20H27N3O3S/c1-22(2)18-13-11-17(12-14-18)8-7-15-21-20(24)16-23(3)27(25,26)19-9-5-4-6-10-19/h4-6,9-14H,7-8,15-16H2,1-3H3,(H,21,24). The van der Waals surface area contributed by atoms with E-state index in [2.05, 4.69) is 29.6 Å². The van der Waals surface area contributed by atoms with Crippen LogP contribution >= 0.6 is 0 Å². The van der Waals surface area contributed by atoms with E-state index < -0.39 is 10.0 Å². The van der Waals surface area contributed by atoms with Crippen LogP contribution in [0.5, 0.6) is 0 Å². The molecule has 0 radical (unpaired) electrons. The van der Waals surface area contributed by atoms with E-state index >= 15 is 0 Å². The van der Waals surface area contributed by atoms with Gasteiger partial charge in [-0.3, -0.25) is 4.79 Å². The van der Waals surface area contributed by atoms with E-state index in [0.29, 0.717) is 6.54 Å². The first-order chi connectivity index (χ1) is 12.8. The number of carbonyl (C=O) groups is 1. The molecular formula is C20H27N3O3S. The van der Waals surface area contributed by atoms with E-state index in [0.717, 1.165) is 22.8 Å². The summed E-state index contributed by atoms with van der Waals surface area (Å²) in [6.45, 7) is 0.308. The van der Waals surface area contributed by atoms with E-state index in [4.69, 9.17) is 0 Å². The van der Waals surface area contributed by atoms with Crippen molar-refractivity contribution in [1.82, 2.24) is 9.62 Å². The molecule has 2 aromatic rings. The molecular weight excluding hydrogens is 362 g/mol. The minimum Gasteiger partial charge on any atom is -0.378 e. The zero-order chi connectivity index (χ0) is 19.9. The monoisotopic (exact) mass is 389 g/mol. The van der Waals surface area contributed by atoms with Gasteiger partial charge in [0.2, 0.25) is 15.9 Å². The Kier molecular flexibility index (Phi) is 7.38. The fraction of sp³-hybridized carbons (Fsp3) is 0.350. The summed E-state index contributed by atoms with van der Waals surface area (Å²) in [7, 11) is 1.76. The third-order valence-corrected chi connectivity index (χ3v) is 6.05. The Morgan fingerprint density at radius 2 is 1.59 bits per heavy atom. The predicted octanol–water partition coefficient (Wildman–Crippen LogP) is 2.12. The van der Waals surface area contributed by atoms with Crippen molar-refractivity contribution in [3.63, 3.8) is 0 Å². The number of anilines is 1. The second kappa shape index (κ2) is 9.53. The quantitative estimate of drug-likeness (QED) is 0.667. The SMILES string of the molecule is CN(C)c1ccc(CCCNC(=O)CN(C)S(=O)(=O)c2ccccc2)cc1. The number of carbonyl (C=O) groups excluding carboxylic acids is 1. The summed E-state index contributed by atoms with van der Waals surface area (Å²) in [5.74, 6) is -0.306. The molecule has 0 fully saturated rings. The van der Waals surface area contributed by atoms with Crippen molar-refractivity contribution in [2.24, 2.45) is 0 Å². The van der Waals surface area contributed by atoms with Gasteiger partial charge in [-0.15, -0.1) is 0 Å². The summed E-state index contributed by atoms with van der Waals surface area (Å²) in [4.78, 5) is 14.3. The van der Waals surface area contributed by atoms with Crippen LogP contribution in [0.3, 0.4) is 0 Å². The molecule has 146 valence electrons. The first kappa shape index (κ1) is 20.9. The number of sulfonamides is 1. The molecule has 0 atom stereocenters. The summed E-state index contributed by atoms with van der Waals surface area (Å²) in [5.41, 5.74) is 2.35. The Bertz CT molecular complexity index is 835. The molecule has 6 nitrogen and oxygen atoms in total. The molecule has 0 aromatic heterocycles. The van der Waals surface area contributed by atoms with Crippen LogP contribution in [-0.4, -0.2) is 52.9 Å². The van der Waals surface area contributed by atoms with Gasteiger partial charge >= 0.3 is 0 Å². The van der Waals surface area contributed by atoms with E-state index in [-0.39, 0.29) is 17.3 Å². The molecule has 0 spiro atoms. The number of nitrogens with one attached hydrogen (secondary N) is 1. The third-order valence-electron chi connectivity index (χ3n) is 4.23. The number of nitrogens with zero attached hydrogens (tertiary/aromatic N) is 2. The molecule has 0 bridgehead atoms. The highest BCUT2D eigenvalue weighted by atomic mass is 32.2. The zero-order valence-corrected chi connectivity index (χ0v) is 16.9. The van der Waals surface area contributed by atoms with Gasteiger partial charge in [0.1, 0.15) is 0 Å². The van der Waals surface area contributed by atoms with Gasteiger partial charge in [-0.25, -0.2) is 8.42 Å². The second-order valence-electron chi connectivity index (χ2n) is 6.59. The molecule has 7 heteroatoms. The lowest BCUT2D eigenvalue weighted by molar-refractivity contribution is -0.121. The lowest BCUT2D eigenvalue weighted by Gasteiger charge is -2.17. The average Bonchev–Trinajstić information content (AvgIpc) is 2.66. The van der Waals surface area contributed by atoms with Crippen LogP contribution < -0.4 is 10.2 Å². The highest BCUT2D eigenvalue weighted by molar-refractivity contribution is 7.89. The van der Waals surface area contributed by atoms with Crippen molar-refractivity contribution >= 4 is 21.6 Å². The minimum absolute atomic E-state index is 0.182. The van der Waals surface area contributed by atoms with Gasteiger partial charge in [0.05, 0.1) is 11.4 Å². The fourth-order valence-corrected chi connectivity index (χ4v) is 3.74. The first-order valence-electron chi connectivity index (χ1n) is 8.85. The predicted molar refractivity (Wildman–Crippen MR) is 108 cm³/mol. The van der Waals surface area contributed by atoms with E-state index in [1.807, 2.05) is 19.0 Å². The molecule has 2 aromatic carbocycles. The summed E-state index contributed by atoms with van der Waals surface area (Å²) >= 11 is 0. The molecule has 1 amide bonds. The second-order valence-corrected chi connectivity index (χ2v) is 8.63. The maximum absolute atomic E-state index is 12.4. The van der Waals surface area contributed by atoms with Gasteiger partial charge in [-0.05, 0) is 42.7 Å². The van der Waals surface area contributed by atoms with Crippen LogP contribution in [0.15, 0.2) is 59.5 Å². The fourth-order valence-electron chi connectivity index (χ4n) is 2.60. The number of aryl methyl sites for hydroxylation is 1. The molecule has 0 unspecified atom stereocenters. The summed E-state index contributed by atoms with van der Waals surface area (Å²) in [6, 6.07) is 16.4. The normalized spacial score (nSPS) is 11.4. The Labute approximate surface area is 161 Å². The number of amides is 1. The van der Waals surface area contributed by atoms with Crippen molar-refractivity contribution in [2.45, 2.75) is 17.7 Å². The summed E-state index contributed by atoms with van der Waals surface area (Å²) < 4.78 is 25.9. The molecule has 0 saturated heterocycles. The molecule has 0 aliphatic carbocycles. The molecule has 0 heterocycles. The topological polar surface area (TPSA) is 69.7 Å². The van der Waals surface area contributed by atoms with Crippen LogP contribution in [0.1, 0.15) is 12.0 Å². The number of rotatable bonds is 9. The number of hydrogen-bond donors (Lipinski definition) is 1. The van der Waals surface area contributed by atoms with Gasteiger partial charge in [0.15, 0.2) is 0 Å². The van der Waals surface area contributed by atoms with E-state index in [1.54, 1.807) is 18.2 Å². The smallest absolute Gasteiger partial charge is 0.243 e. The van der Waals surface area contributed by atoms with Crippen molar-refractivity contribution in [3.05, 3.63) is 60.2 Å². The Morgan fingerprint density at radius 3 is 2.19 bits per heavy atom. The van der Waals surface area contributed by atoms with Crippen molar-refractivity contribution in [1.29, 1.82) is 0 Å². The van der Waals surface area contributed by atoms with Crippen LogP contribution in [0, 0.1) is 0 Å². The minimum atomic E-state index is -3.65. The van der Waals surface area contributed by atoms with Crippen LogP contribution in [0.4, 0.5) is 5.69 Å². The Morgan fingerprint density at radius 1 is 0.963 bits per heavy atom. The lowest BCUT2D eigenvalue weighted by atomic mass is 10.1. The van der Waals surface area contributed by atoms with Gasteiger partial charge in [-0.1, -0.05) is 30.3 Å². The Hall–Kier alpha value is -2.38. The van der Waals surface area contributed by atoms with E-state index in [9.17, 15) is 13.2 Å². The molecule has 2 rings (SSSR count). The largest absolute Gasteiger partial charge is 0.378 e. The van der Waals surface area contributed by atoms with E-state index in [1.165, 1.54) is 24.7 Å². The summed E-state index contributed by atoms with van der Waals surface area (Å²) in [5, 5.41) is 2.78. The van der Waals surface area contributed by atoms with Gasteiger partial charge < -0.3 is 10.2 Å². The zero-order valence-electron chi connectivity index (χ0n) is 16.1. The van der Waals surface area contributed by atoms with Crippen molar-refractivity contribution in [3.8, 4) is 0 Å². The molecule has 27 heavy (non-hydrogen) atoms. The van der Waals surface area contributed by atoms with Gasteiger partial charge in [0.25, 0.3) is 0 Å². The molecule has 0 aliphatic heterocycles. The van der Waals surface area contributed by atoms with Gasteiger partial charge in [-0.2, -0.15) is 4.31 Å². The summed E-state index contributed by atoms with van der Waals surface area (Å²) in [6.07, 6.45) is 1.65. The molecule has 0 saturated carbocycles. The lowest BCUT2D eigenvalue weighted by Crippen LogP contribution is -2.38. The van der Waals surface area contributed by atoms with Crippen molar-refractivity contribution in [2.75, 3.05) is 39.1 Å². The highest BCUT2D eigenvalue weighted by Crippen LogP contribution is 2.14. The molecule has 0 aliphatic rings. The average molecular weight is 390 g/mol. The van der Waals surface area contributed by atoms with Crippen LogP contribution in [0.2, 0.25) is 0 Å². The maximum atomic E-state index is 12.4. The van der Waals surface area contributed by atoms with Gasteiger partial charge in [0, 0.05) is 33.4 Å². The number of benzene rings is 2. The Balaban J connectivity index is 1.76. The first-order valence-corrected chi connectivity index (χ1v) is 10.3. The number of hydrogen-bond acceptors (Lipinski definition) is 4.